The van der Waals surface area contributed by atoms with Crippen LogP contribution >= 0.6 is 0 Å². The molecule has 3 unspecified atom stereocenters. The van der Waals surface area contributed by atoms with E-state index in [0.717, 1.165) is 17.7 Å². The summed E-state index contributed by atoms with van der Waals surface area (Å²) in [6, 6.07) is 0.202. The molecular formula is C17H26N2O. The summed E-state index contributed by atoms with van der Waals surface area (Å²) in [7, 11) is 1.96. The highest BCUT2D eigenvalue weighted by Crippen LogP contribution is 2.65. The van der Waals surface area contributed by atoms with Gasteiger partial charge in [0.2, 0.25) is 5.89 Å². The molecule has 4 fully saturated rings. The monoisotopic (exact) mass is 274 g/mol. The highest BCUT2D eigenvalue weighted by atomic mass is 16.4. The number of oxazole rings is 1. The molecule has 4 aliphatic rings. The number of hydrogen-bond acceptors (Lipinski definition) is 3. The van der Waals surface area contributed by atoms with Gasteiger partial charge < -0.3 is 9.73 Å². The molecule has 4 bridgehead atoms. The lowest BCUT2D eigenvalue weighted by Crippen LogP contribution is -2.52. The summed E-state index contributed by atoms with van der Waals surface area (Å²) in [5, 5.41) is 3.22. The van der Waals surface area contributed by atoms with E-state index in [1.165, 1.54) is 44.3 Å². The molecule has 3 nitrogen and oxygen atoms in total. The third kappa shape index (κ3) is 1.78. The van der Waals surface area contributed by atoms with E-state index in [-0.39, 0.29) is 6.04 Å². The van der Waals surface area contributed by atoms with Crippen LogP contribution in [0.25, 0.3) is 0 Å². The summed E-state index contributed by atoms with van der Waals surface area (Å²) in [5.74, 6) is 3.88. The van der Waals surface area contributed by atoms with Gasteiger partial charge >= 0.3 is 0 Å². The lowest BCUT2D eigenvalue weighted by molar-refractivity contribution is -0.0693. The minimum absolute atomic E-state index is 0.202. The zero-order valence-corrected chi connectivity index (χ0v) is 12.9. The third-order valence-corrected chi connectivity index (χ3v) is 6.20. The average molecular weight is 274 g/mol. The van der Waals surface area contributed by atoms with Gasteiger partial charge in [0, 0.05) is 5.41 Å². The Kier molecular flexibility index (Phi) is 2.64. The lowest BCUT2D eigenvalue weighted by Gasteiger charge is -2.60. The zero-order valence-electron chi connectivity index (χ0n) is 12.9. The third-order valence-electron chi connectivity index (χ3n) is 6.20. The first-order chi connectivity index (χ1) is 9.52. The fourth-order valence-corrected chi connectivity index (χ4v) is 5.87. The van der Waals surface area contributed by atoms with Gasteiger partial charge in [-0.05, 0) is 69.7 Å². The second kappa shape index (κ2) is 4.09. The molecule has 1 aromatic rings. The zero-order chi connectivity index (χ0) is 14.0. The maximum absolute atomic E-state index is 6.19. The van der Waals surface area contributed by atoms with E-state index in [4.69, 9.17) is 4.42 Å². The van der Waals surface area contributed by atoms with Crippen LogP contribution in [0, 0.1) is 17.3 Å². The Morgan fingerprint density at radius 2 is 2.00 bits per heavy atom. The number of hydrogen-bond donors (Lipinski definition) is 1. The first kappa shape index (κ1) is 12.9. The second-order valence-corrected chi connectivity index (χ2v) is 8.13. The Balaban J connectivity index is 1.69. The number of nitrogens with one attached hydrogen (secondary N) is 1. The fraction of sp³-hybridized carbons (Fsp3) is 0.824. The highest BCUT2D eigenvalue weighted by molar-refractivity contribution is 5.21. The maximum Gasteiger partial charge on any atom is 0.211 e. The molecular weight excluding hydrogens is 248 g/mol. The van der Waals surface area contributed by atoms with Gasteiger partial charge in [-0.3, -0.25) is 0 Å². The van der Waals surface area contributed by atoms with Gasteiger partial charge in [-0.2, -0.15) is 0 Å². The van der Waals surface area contributed by atoms with Gasteiger partial charge in [0.15, 0.2) is 0 Å². The van der Waals surface area contributed by atoms with E-state index in [9.17, 15) is 0 Å². The molecule has 110 valence electrons. The van der Waals surface area contributed by atoms with Gasteiger partial charge in [-0.1, -0.05) is 6.92 Å². The Labute approximate surface area is 121 Å². The predicted octanol–water partition coefficient (Wildman–Crippen LogP) is 3.81. The molecule has 0 aromatic carbocycles. The van der Waals surface area contributed by atoms with E-state index in [0.29, 0.717) is 10.8 Å². The predicted molar refractivity (Wildman–Crippen MR) is 78.4 cm³/mol. The van der Waals surface area contributed by atoms with Crippen molar-refractivity contribution in [1.29, 1.82) is 0 Å². The standard InChI is InChI=1S/C17H26N2O/c1-11(18-3)15-19-9-14(20-15)17-7-12-4-13(8-17)6-16(2,5-12)10-17/h9,11-13,18H,4-8,10H2,1-3H3. The van der Waals surface area contributed by atoms with Crippen molar-refractivity contribution >= 4 is 0 Å². The topological polar surface area (TPSA) is 38.1 Å². The summed E-state index contributed by atoms with van der Waals surface area (Å²) in [6.45, 7) is 4.61. The molecule has 5 rings (SSSR count). The molecule has 1 heterocycles. The SMILES string of the molecule is CNC(C)c1ncc(C23CC4CC(CC(C)(C4)C2)C3)o1. The van der Waals surface area contributed by atoms with E-state index < -0.39 is 0 Å². The molecule has 4 aliphatic carbocycles. The van der Waals surface area contributed by atoms with Gasteiger partial charge in [0.05, 0.1) is 12.2 Å². The van der Waals surface area contributed by atoms with Gasteiger partial charge in [0.1, 0.15) is 5.76 Å². The second-order valence-electron chi connectivity index (χ2n) is 8.13. The molecule has 1 N–H and O–H groups in total. The normalized spacial score (nSPS) is 44.0. The van der Waals surface area contributed by atoms with Crippen molar-refractivity contribution in [3.63, 3.8) is 0 Å². The van der Waals surface area contributed by atoms with E-state index in [2.05, 4.69) is 24.1 Å². The molecule has 0 radical (unpaired) electrons. The van der Waals surface area contributed by atoms with Crippen LogP contribution < -0.4 is 5.32 Å². The molecule has 20 heavy (non-hydrogen) atoms. The van der Waals surface area contributed by atoms with E-state index >= 15 is 0 Å². The Bertz CT molecular complexity index is 507. The number of aromatic nitrogens is 1. The number of rotatable bonds is 3. The smallest absolute Gasteiger partial charge is 0.211 e. The Morgan fingerprint density at radius 3 is 2.60 bits per heavy atom. The first-order valence-corrected chi connectivity index (χ1v) is 8.15. The van der Waals surface area contributed by atoms with Gasteiger partial charge in [-0.15, -0.1) is 0 Å². The fourth-order valence-electron chi connectivity index (χ4n) is 5.87. The van der Waals surface area contributed by atoms with Crippen molar-refractivity contribution in [3.8, 4) is 0 Å². The average Bonchev–Trinajstić information content (AvgIpc) is 2.85. The van der Waals surface area contributed by atoms with E-state index in [1.54, 1.807) is 0 Å². The van der Waals surface area contributed by atoms with Crippen molar-refractivity contribution < 1.29 is 4.42 Å². The largest absolute Gasteiger partial charge is 0.443 e. The Hall–Kier alpha value is -0.830. The van der Waals surface area contributed by atoms with Crippen molar-refractivity contribution in [2.75, 3.05) is 7.05 Å². The molecule has 0 spiro atoms. The van der Waals surface area contributed by atoms with Crippen LogP contribution in [0.2, 0.25) is 0 Å². The van der Waals surface area contributed by atoms with E-state index in [1.807, 2.05) is 13.2 Å². The molecule has 4 saturated carbocycles. The van der Waals surface area contributed by atoms with Gasteiger partial charge in [-0.25, -0.2) is 4.98 Å². The molecule has 1 aromatic heterocycles. The maximum atomic E-state index is 6.19. The molecule has 0 amide bonds. The van der Waals surface area contributed by atoms with Crippen LogP contribution in [0.4, 0.5) is 0 Å². The summed E-state index contributed by atoms with van der Waals surface area (Å²) >= 11 is 0. The first-order valence-electron chi connectivity index (χ1n) is 8.15. The Morgan fingerprint density at radius 1 is 1.30 bits per heavy atom. The van der Waals surface area contributed by atoms with Crippen LogP contribution in [-0.4, -0.2) is 12.0 Å². The number of nitrogens with zero attached hydrogens (tertiary/aromatic N) is 1. The minimum atomic E-state index is 0.202. The quantitative estimate of drug-likeness (QED) is 0.910. The van der Waals surface area contributed by atoms with Crippen LogP contribution in [0.3, 0.4) is 0 Å². The van der Waals surface area contributed by atoms with Crippen molar-refractivity contribution in [2.24, 2.45) is 17.3 Å². The summed E-state index contributed by atoms with van der Waals surface area (Å²) in [4.78, 5) is 4.54. The van der Waals surface area contributed by atoms with Crippen molar-refractivity contribution in [1.82, 2.24) is 10.3 Å². The van der Waals surface area contributed by atoms with Crippen molar-refractivity contribution in [3.05, 3.63) is 17.8 Å². The molecule has 0 saturated heterocycles. The molecule has 0 aliphatic heterocycles. The summed E-state index contributed by atoms with van der Waals surface area (Å²) in [6.07, 6.45) is 10.4. The molecule has 3 atom stereocenters. The van der Waals surface area contributed by atoms with Crippen LogP contribution in [-0.2, 0) is 5.41 Å². The van der Waals surface area contributed by atoms with Crippen LogP contribution in [0.1, 0.15) is 70.1 Å². The van der Waals surface area contributed by atoms with Crippen LogP contribution in [0.5, 0.6) is 0 Å². The summed E-state index contributed by atoms with van der Waals surface area (Å²) < 4.78 is 6.19. The van der Waals surface area contributed by atoms with Crippen molar-refractivity contribution in [2.45, 2.75) is 63.8 Å². The van der Waals surface area contributed by atoms with Crippen LogP contribution in [0.15, 0.2) is 10.6 Å². The van der Waals surface area contributed by atoms with Gasteiger partial charge in [0.25, 0.3) is 0 Å². The minimum Gasteiger partial charge on any atom is -0.443 e. The highest BCUT2D eigenvalue weighted by Gasteiger charge is 2.57. The lowest BCUT2D eigenvalue weighted by atomic mass is 9.44. The molecule has 3 heteroatoms. The summed E-state index contributed by atoms with van der Waals surface area (Å²) in [5.41, 5.74) is 0.864.